The summed E-state index contributed by atoms with van der Waals surface area (Å²) in [5.74, 6) is -0.978. The van der Waals surface area contributed by atoms with Crippen molar-refractivity contribution in [1.82, 2.24) is 9.61 Å². The molecule has 0 radical (unpaired) electrons. The van der Waals surface area contributed by atoms with Gasteiger partial charge in [-0.25, -0.2) is 14.1 Å². The molecule has 2 aromatic heterocycles. The molecular weight excluding hydrogens is 236 g/mol. The van der Waals surface area contributed by atoms with Gasteiger partial charge in [-0.15, -0.1) is 0 Å². The van der Waals surface area contributed by atoms with E-state index in [0.29, 0.717) is 11.1 Å². The second kappa shape index (κ2) is 4.87. The monoisotopic (exact) mass is 248 g/mol. The van der Waals surface area contributed by atoms with E-state index >= 15 is 0 Å². The van der Waals surface area contributed by atoms with Gasteiger partial charge in [0.25, 0.3) is 0 Å². The quantitative estimate of drug-likeness (QED) is 0.766. The van der Waals surface area contributed by atoms with E-state index in [9.17, 15) is 9.59 Å². The molecule has 0 atom stereocenters. The fourth-order valence-electron chi connectivity index (χ4n) is 1.64. The van der Waals surface area contributed by atoms with Crippen LogP contribution < -0.4 is 0 Å². The molecule has 2 aromatic rings. The number of hydrogen-bond acceptors (Lipinski definition) is 5. The molecule has 2 rings (SSSR count). The van der Waals surface area contributed by atoms with Crippen LogP contribution in [0.3, 0.4) is 0 Å². The van der Waals surface area contributed by atoms with E-state index in [1.54, 1.807) is 25.1 Å². The summed E-state index contributed by atoms with van der Waals surface area (Å²) >= 11 is 0. The Labute approximate surface area is 103 Å². The van der Waals surface area contributed by atoms with Gasteiger partial charge in [0.15, 0.2) is 5.69 Å². The molecule has 0 unspecified atom stereocenters. The van der Waals surface area contributed by atoms with Crippen LogP contribution in [-0.4, -0.2) is 35.3 Å². The van der Waals surface area contributed by atoms with Gasteiger partial charge >= 0.3 is 11.9 Å². The van der Waals surface area contributed by atoms with E-state index in [0.717, 1.165) is 0 Å². The van der Waals surface area contributed by atoms with Crippen molar-refractivity contribution in [3.05, 3.63) is 35.7 Å². The first-order chi connectivity index (χ1) is 8.69. The van der Waals surface area contributed by atoms with Crippen LogP contribution in [-0.2, 0) is 9.47 Å². The van der Waals surface area contributed by atoms with Crippen LogP contribution in [0.25, 0.3) is 5.52 Å². The summed E-state index contributed by atoms with van der Waals surface area (Å²) in [7, 11) is 1.29. The van der Waals surface area contributed by atoms with Crippen LogP contribution in [0, 0.1) is 0 Å². The Kier molecular flexibility index (Phi) is 3.27. The van der Waals surface area contributed by atoms with Crippen molar-refractivity contribution in [2.75, 3.05) is 13.7 Å². The summed E-state index contributed by atoms with van der Waals surface area (Å²) < 4.78 is 10.9. The van der Waals surface area contributed by atoms with Gasteiger partial charge < -0.3 is 9.47 Å². The molecule has 0 bridgehead atoms. The summed E-state index contributed by atoms with van der Waals surface area (Å²) in [6, 6.07) is 4.93. The molecule has 0 amide bonds. The molecule has 18 heavy (non-hydrogen) atoms. The number of aromatic nitrogens is 2. The molecule has 94 valence electrons. The van der Waals surface area contributed by atoms with Crippen molar-refractivity contribution in [1.29, 1.82) is 0 Å². The first-order valence-corrected chi connectivity index (χ1v) is 5.41. The maximum absolute atomic E-state index is 11.7. The molecule has 0 N–H and O–H groups in total. The minimum atomic E-state index is -0.494. The van der Waals surface area contributed by atoms with E-state index in [1.165, 1.54) is 17.8 Å². The highest BCUT2D eigenvalue weighted by atomic mass is 16.5. The maximum Gasteiger partial charge on any atom is 0.356 e. The number of fused-ring (bicyclic) bond motifs is 1. The fourth-order valence-corrected chi connectivity index (χ4v) is 1.64. The molecule has 0 saturated heterocycles. The molecule has 6 heteroatoms. The number of rotatable bonds is 3. The van der Waals surface area contributed by atoms with Crippen molar-refractivity contribution >= 4 is 17.5 Å². The summed E-state index contributed by atoms with van der Waals surface area (Å²) in [6.45, 7) is 2.00. The van der Waals surface area contributed by atoms with Gasteiger partial charge in [0.1, 0.15) is 5.56 Å². The van der Waals surface area contributed by atoms with Crippen LogP contribution in [0.1, 0.15) is 27.8 Å². The number of carbonyl (C=O) groups is 2. The first-order valence-electron chi connectivity index (χ1n) is 5.41. The van der Waals surface area contributed by atoms with Crippen LogP contribution in [0.15, 0.2) is 24.4 Å². The predicted molar refractivity (Wildman–Crippen MR) is 62.5 cm³/mol. The molecule has 0 fully saturated rings. The maximum atomic E-state index is 11.7. The van der Waals surface area contributed by atoms with Crippen LogP contribution in [0.4, 0.5) is 0 Å². The topological polar surface area (TPSA) is 69.9 Å². The highest BCUT2D eigenvalue weighted by molar-refractivity contribution is 5.98. The standard InChI is InChI=1S/C12H12N2O4/c1-3-18-12(16)10-6-4-5-9-8(11(15)17-2)7-13-14(9)10/h4-7H,3H2,1-2H3. The van der Waals surface area contributed by atoms with Gasteiger partial charge in [0.05, 0.1) is 25.4 Å². The number of carbonyl (C=O) groups excluding carboxylic acids is 2. The van der Waals surface area contributed by atoms with Crippen molar-refractivity contribution in [2.45, 2.75) is 6.92 Å². The van der Waals surface area contributed by atoms with E-state index in [-0.39, 0.29) is 12.3 Å². The normalized spacial score (nSPS) is 10.3. The minimum absolute atomic E-state index is 0.268. The van der Waals surface area contributed by atoms with E-state index in [1.807, 2.05) is 0 Å². The Hall–Kier alpha value is -2.37. The van der Waals surface area contributed by atoms with Crippen molar-refractivity contribution in [2.24, 2.45) is 0 Å². The number of ether oxygens (including phenoxy) is 2. The predicted octanol–water partition coefficient (Wildman–Crippen LogP) is 1.30. The lowest BCUT2D eigenvalue weighted by Gasteiger charge is -2.04. The van der Waals surface area contributed by atoms with Gasteiger partial charge in [0, 0.05) is 0 Å². The van der Waals surface area contributed by atoms with Crippen LogP contribution >= 0.6 is 0 Å². The summed E-state index contributed by atoms with van der Waals surface area (Å²) in [5.41, 5.74) is 1.08. The number of esters is 2. The zero-order valence-electron chi connectivity index (χ0n) is 10.0. The van der Waals surface area contributed by atoms with Gasteiger partial charge in [0.2, 0.25) is 0 Å². The lowest BCUT2D eigenvalue weighted by atomic mass is 10.2. The van der Waals surface area contributed by atoms with Crippen LogP contribution in [0.5, 0.6) is 0 Å². The zero-order valence-corrected chi connectivity index (χ0v) is 10.0. The fraction of sp³-hybridized carbons (Fsp3) is 0.250. The average molecular weight is 248 g/mol. The Morgan fingerprint density at radius 3 is 2.78 bits per heavy atom. The average Bonchev–Trinajstić information content (AvgIpc) is 2.81. The first kappa shape index (κ1) is 12.1. The zero-order chi connectivity index (χ0) is 13.1. The third-order valence-corrected chi connectivity index (χ3v) is 2.43. The van der Waals surface area contributed by atoms with Gasteiger partial charge in [-0.2, -0.15) is 5.10 Å². The third-order valence-electron chi connectivity index (χ3n) is 2.43. The Morgan fingerprint density at radius 2 is 2.11 bits per heavy atom. The second-order valence-electron chi connectivity index (χ2n) is 3.48. The van der Waals surface area contributed by atoms with E-state index < -0.39 is 11.9 Å². The molecule has 0 aromatic carbocycles. The highest BCUT2D eigenvalue weighted by Crippen LogP contribution is 2.14. The Bertz CT molecular complexity index is 603. The van der Waals surface area contributed by atoms with Crippen LogP contribution in [0.2, 0.25) is 0 Å². The number of nitrogens with zero attached hydrogens (tertiary/aromatic N) is 2. The van der Waals surface area contributed by atoms with Gasteiger partial charge in [-0.05, 0) is 19.1 Å². The third kappa shape index (κ3) is 1.92. The lowest BCUT2D eigenvalue weighted by molar-refractivity contribution is 0.0514. The van der Waals surface area contributed by atoms with E-state index in [2.05, 4.69) is 9.84 Å². The van der Waals surface area contributed by atoms with Crippen molar-refractivity contribution in [3.63, 3.8) is 0 Å². The molecule has 6 nitrogen and oxygen atoms in total. The van der Waals surface area contributed by atoms with Crippen molar-refractivity contribution in [3.8, 4) is 0 Å². The Morgan fingerprint density at radius 1 is 1.33 bits per heavy atom. The summed E-state index contributed by atoms with van der Waals surface area (Å²) in [4.78, 5) is 23.2. The molecule has 0 spiro atoms. The van der Waals surface area contributed by atoms with E-state index in [4.69, 9.17) is 4.74 Å². The summed E-state index contributed by atoms with van der Waals surface area (Å²) in [6.07, 6.45) is 1.36. The molecule has 0 aliphatic carbocycles. The molecule has 2 heterocycles. The number of hydrogen-bond donors (Lipinski definition) is 0. The second-order valence-corrected chi connectivity index (χ2v) is 3.48. The Balaban J connectivity index is 2.55. The molecular formula is C12H12N2O4. The SMILES string of the molecule is CCOC(=O)c1cccc2c(C(=O)OC)cnn12. The highest BCUT2D eigenvalue weighted by Gasteiger charge is 2.17. The number of pyridine rings is 1. The molecule has 0 aliphatic rings. The summed E-state index contributed by atoms with van der Waals surface area (Å²) in [5, 5.41) is 4.01. The van der Waals surface area contributed by atoms with Gasteiger partial charge in [-0.3, -0.25) is 0 Å². The largest absolute Gasteiger partial charge is 0.465 e. The smallest absolute Gasteiger partial charge is 0.356 e. The minimum Gasteiger partial charge on any atom is -0.465 e. The molecule has 0 saturated carbocycles. The van der Waals surface area contributed by atoms with Gasteiger partial charge in [-0.1, -0.05) is 6.07 Å². The molecule has 0 aliphatic heterocycles. The van der Waals surface area contributed by atoms with Crippen molar-refractivity contribution < 1.29 is 19.1 Å². The number of methoxy groups -OCH3 is 1. The lowest BCUT2D eigenvalue weighted by Crippen LogP contribution is -2.11.